The van der Waals surface area contributed by atoms with Crippen molar-refractivity contribution in [3.8, 4) is 11.5 Å². The van der Waals surface area contributed by atoms with Gasteiger partial charge in [-0.15, -0.1) is 0 Å². The number of hydrogen-bond acceptors (Lipinski definition) is 4. The molecule has 0 spiro atoms. The van der Waals surface area contributed by atoms with Gasteiger partial charge in [0.15, 0.2) is 18.2 Å². The zero-order valence-electron chi connectivity index (χ0n) is 17.2. The van der Waals surface area contributed by atoms with Gasteiger partial charge in [-0.2, -0.15) is 0 Å². The van der Waals surface area contributed by atoms with Crippen molar-refractivity contribution >= 4 is 17.4 Å². The van der Waals surface area contributed by atoms with Crippen LogP contribution in [0.5, 0.6) is 11.5 Å². The maximum atomic E-state index is 12.6. The van der Waals surface area contributed by atoms with Crippen LogP contribution in [0.1, 0.15) is 40.9 Å². The monoisotopic (exact) mass is 395 g/mol. The lowest BCUT2D eigenvalue weighted by molar-refractivity contribution is -0.914. The minimum Gasteiger partial charge on any atom is -0.490 e. The van der Waals surface area contributed by atoms with Gasteiger partial charge in [0.2, 0.25) is 0 Å². The van der Waals surface area contributed by atoms with E-state index >= 15 is 0 Å². The molecular formula is C23H27N2O4+. The summed E-state index contributed by atoms with van der Waals surface area (Å²) in [5.41, 5.74) is 4.71. The summed E-state index contributed by atoms with van der Waals surface area (Å²) >= 11 is 0. The molecule has 1 N–H and O–H groups in total. The number of carbonyl (C=O) groups excluding carboxylic acids is 2. The SMILES string of the molecule is CCOc1cc2c(cc1OCC)C[NH+](CN1C(=O)C(=O)c3cc(C)ccc31)CC2. The van der Waals surface area contributed by atoms with Crippen molar-refractivity contribution in [1.82, 2.24) is 0 Å². The lowest BCUT2D eigenvalue weighted by atomic mass is 9.99. The highest BCUT2D eigenvalue weighted by Gasteiger charge is 2.38. The van der Waals surface area contributed by atoms with E-state index in [4.69, 9.17) is 9.47 Å². The molecule has 29 heavy (non-hydrogen) atoms. The molecule has 6 heteroatoms. The fourth-order valence-electron chi connectivity index (χ4n) is 4.18. The normalized spacial score (nSPS) is 17.9. The molecule has 0 fully saturated rings. The maximum absolute atomic E-state index is 12.6. The van der Waals surface area contributed by atoms with Crippen molar-refractivity contribution in [2.45, 2.75) is 33.7 Å². The third-order valence-electron chi connectivity index (χ3n) is 5.56. The number of anilines is 1. The number of benzene rings is 2. The summed E-state index contributed by atoms with van der Waals surface area (Å²) in [7, 11) is 0. The summed E-state index contributed by atoms with van der Waals surface area (Å²) in [5.74, 6) is 0.731. The third kappa shape index (κ3) is 3.60. The highest BCUT2D eigenvalue weighted by molar-refractivity contribution is 6.52. The molecule has 1 atom stereocenters. The van der Waals surface area contributed by atoms with Crippen LogP contribution in [0.3, 0.4) is 0 Å². The van der Waals surface area contributed by atoms with E-state index in [0.717, 1.165) is 42.3 Å². The number of aryl methyl sites for hydroxylation is 1. The van der Waals surface area contributed by atoms with Gasteiger partial charge in [0.1, 0.15) is 6.54 Å². The highest BCUT2D eigenvalue weighted by Crippen LogP contribution is 2.32. The Morgan fingerprint density at radius 1 is 1.00 bits per heavy atom. The van der Waals surface area contributed by atoms with Gasteiger partial charge in [-0.1, -0.05) is 11.6 Å². The number of ether oxygens (including phenoxy) is 2. The lowest BCUT2D eigenvalue weighted by Gasteiger charge is -2.30. The van der Waals surface area contributed by atoms with Crippen LogP contribution in [-0.4, -0.2) is 38.1 Å². The van der Waals surface area contributed by atoms with Gasteiger partial charge < -0.3 is 14.4 Å². The average molecular weight is 395 g/mol. The van der Waals surface area contributed by atoms with Crippen LogP contribution in [0.15, 0.2) is 30.3 Å². The molecule has 0 aliphatic carbocycles. The molecule has 2 aromatic rings. The Morgan fingerprint density at radius 3 is 2.38 bits per heavy atom. The van der Waals surface area contributed by atoms with Gasteiger partial charge in [0.05, 0.1) is 31.0 Å². The van der Waals surface area contributed by atoms with Crippen LogP contribution in [0.4, 0.5) is 5.69 Å². The zero-order valence-corrected chi connectivity index (χ0v) is 17.2. The first kappa shape index (κ1) is 19.5. The molecule has 0 radical (unpaired) electrons. The predicted molar refractivity (Wildman–Crippen MR) is 110 cm³/mol. The summed E-state index contributed by atoms with van der Waals surface area (Å²) in [6.45, 7) is 9.19. The first-order valence-electron chi connectivity index (χ1n) is 10.2. The standard InChI is InChI=1S/C23H26N2O4/c1-4-28-20-11-16-8-9-24(13-17(16)12-21(20)29-5-2)14-25-19-7-6-15(3)10-18(19)22(26)23(25)27/h6-7,10-12H,4-5,8-9,13-14H2,1-3H3/p+1. The molecule has 1 amide bonds. The first-order chi connectivity index (χ1) is 14.0. The largest absolute Gasteiger partial charge is 0.490 e. The third-order valence-corrected chi connectivity index (χ3v) is 5.56. The Bertz CT molecular complexity index is 970. The Morgan fingerprint density at radius 2 is 1.69 bits per heavy atom. The molecule has 0 saturated heterocycles. The topological polar surface area (TPSA) is 60.3 Å². The Labute approximate surface area is 171 Å². The van der Waals surface area contributed by atoms with Gasteiger partial charge in [-0.05, 0) is 50.6 Å². The summed E-state index contributed by atoms with van der Waals surface area (Å²) in [6.07, 6.45) is 0.897. The van der Waals surface area contributed by atoms with Crippen molar-refractivity contribution < 1.29 is 24.0 Å². The molecule has 2 aliphatic rings. The van der Waals surface area contributed by atoms with E-state index in [1.165, 1.54) is 16.0 Å². The van der Waals surface area contributed by atoms with Crippen LogP contribution in [0, 0.1) is 6.92 Å². The molecule has 6 nitrogen and oxygen atoms in total. The van der Waals surface area contributed by atoms with E-state index < -0.39 is 11.7 Å². The number of fused-ring (bicyclic) bond motifs is 2. The van der Waals surface area contributed by atoms with Crippen molar-refractivity contribution in [3.05, 3.63) is 52.6 Å². The molecule has 0 bridgehead atoms. The van der Waals surface area contributed by atoms with E-state index in [1.807, 2.05) is 32.9 Å². The number of Topliss-reactive ketones (excluding diaryl/α,β-unsaturated/α-hetero) is 1. The second-order valence-electron chi connectivity index (χ2n) is 7.60. The van der Waals surface area contributed by atoms with E-state index in [1.54, 1.807) is 11.0 Å². The second kappa shape index (κ2) is 7.87. The van der Waals surface area contributed by atoms with E-state index in [9.17, 15) is 9.59 Å². The number of ketones is 1. The minimum atomic E-state index is -0.425. The van der Waals surface area contributed by atoms with Gasteiger partial charge in [-0.25, -0.2) is 0 Å². The minimum absolute atomic E-state index is 0.402. The average Bonchev–Trinajstić information content (AvgIpc) is 2.93. The fourth-order valence-corrected chi connectivity index (χ4v) is 4.18. The maximum Gasteiger partial charge on any atom is 0.303 e. The summed E-state index contributed by atoms with van der Waals surface area (Å²) in [6, 6.07) is 9.79. The van der Waals surface area contributed by atoms with Crippen molar-refractivity contribution in [2.24, 2.45) is 0 Å². The van der Waals surface area contributed by atoms with Gasteiger partial charge in [0.25, 0.3) is 5.78 Å². The second-order valence-corrected chi connectivity index (χ2v) is 7.60. The van der Waals surface area contributed by atoms with Gasteiger partial charge in [-0.3, -0.25) is 14.5 Å². The van der Waals surface area contributed by atoms with Gasteiger partial charge >= 0.3 is 5.91 Å². The van der Waals surface area contributed by atoms with Crippen molar-refractivity contribution in [3.63, 3.8) is 0 Å². The van der Waals surface area contributed by atoms with Gasteiger partial charge in [0, 0.05) is 12.0 Å². The number of amides is 1. The van der Waals surface area contributed by atoms with Crippen LogP contribution in [-0.2, 0) is 17.8 Å². The van der Waals surface area contributed by atoms with E-state index in [2.05, 4.69) is 12.1 Å². The predicted octanol–water partition coefficient (Wildman–Crippen LogP) is 1.92. The molecule has 152 valence electrons. The first-order valence-corrected chi connectivity index (χ1v) is 10.2. The fraction of sp³-hybridized carbons (Fsp3) is 0.391. The highest BCUT2D eigenvalue weighted by atomic mass is 16.5. The summed E-state index contributed by atoms with van der Waals surface area (Å²) in [5, 5.41) is 0. The molecule has 1 unspecified atom stereocenters. The van der Waals surface area contributed by atoms with Crippen LogP contribution in [0.25, 0.3) is 0 Å². The van der Waals surface area contributed by atoms with Crippen molar-refractivity contribution in [2.75, 3.05) is 31.3 Å². The molecular weight excluding hydrogens is 368 g/mol. The number of carbonyl (C=O) groups is 2. The van der Waals surface area contributed by atoms with Crippen LogP contribution >= 0.6 is 0 Å². The molecule has 2 heterocycles. The molecule has 0 aromatic heterocycles. The summed E-state index contributed by atoms with van der Waals surface area (Å²) in [4.78, 5) is 27.8. The number of rotatable bonds is 6. The van der Waals surface area contributed by atoms with Crippen LogP contribution in [0.2, 0.25) is 0 Å². The smallest absolute Gasteiger partial charge is 0.303 e. The Hall–Kier alpha value is -2.86. The number of hydrogen-bond donors (Lipinski definition) is 1. The quantitative estimate of drug-likeness (QED) is 0.760. The lowest BCUT2D eigenvalue weighted by Crippen LogP contribution is -3.13. The van der Waals surface area contributed by atoms with E-state index in [-0.39, 0.29) is 0 Å². The Kier molecular flexibility index (Phi) is 5.28. The molecule has 2 aromatic carbocycles. The molecule has 0 saturated carbocycles. The van der Waals surface area contributed by atoms with E-state index in [0.29, 0.717) is 25.4 Å². The zero-order chi connectivity index (χ0) is 20.5. The Balaban J connectivity index is 1.56. The van der Waals surface area contributed by atoms with Crippen LogP contribution < -0.4 is 19.3 Å². The molecule has 4 rings (SSSR count). The number of nitrogens with one attached hydrogen (secondary N) is 1. The van der Waals surface area contributed by atoms with Crippen molar-refractivity contribution in [1.29, 1.82) is 0 Å². The number of nitrogens with zero attached hydrogens (tertiary/aromatic N) is 1. The number of quaternary nitrogens is 1. The molecule has 2 aliphatic heterocycles. The summed E-state index contributed by atoms with van der Waals surface area (Å²) < 4.78 is 11.5.